The van der Waals surface area contributed by atoms with Crippen molar-refractivity contribution in [2.24, 2.45) is 0 Å². The van der Waals surface area contributed by atoms with Gasteiger partial charge in [-0.25, -0.2) is 9.67 Å². The lowest BCUT2D eigenvalue weighted by Gasteiger charge is -2.07. The summed E-state index contributed by atoms with van der Waals surface area (Å²) >= 11 is 0. The Balaban J connectivity index is 1.66. The molecule has 0 aliphatic rings. The Labute approximate surface area is 156 Å². The molecule has 0 bridgehead atoms. The Hall–Kier alpha value is -3.67. The van der Waals surface area contributed by atoms with Crippen LogP contribution in [0.4, 0.5) is 5.69 Å². The van der Waals surface area contributed by atoms with E-state index in [9.17, 15) is 4.79 Å². The van der Waals surface area contributed by atoms with Crippen LogP contribution >= 0.6 is 0 Å². The number of ether oxygens (including phenoxy) is 1. The van der Waals surface area contributed by atoms with E-state index >= 15 is 0 Å². The number of hydrogen-bond donors (Lipinski definition) is 1. The highest BCUT2D eigenvalue weighted by molar-refractivity contribution is 6.05. The molecule has 1 N–H and O–H groups in total. The molecule has 0 atom stereocenters. The van der Waals surface area contributed by atoms with Crippen LogP contribution in [0.5, 0.6) is 5.75 Å². The molecular weight excluding hydrogens is 340 g/mol. The maximum absolute atomic E-state index is 12.5. The van der Waals surface area contributed by atoms with Crippen molar-refractivity contribution >= 4 is 22.6 Å². The number of carbonyl (C=O) groups is 1. The normalized spacial score (nSPS) is 10.7. The molecule has 134 valence electrons. The van der Waals surface area contributed by atoms with Gasteiger partial charge in [0.25, 0.3) is 5.91 Å². The second kappa shape index (κ2) is 6.92. The van der Waals surface area contributed by atoms with Gasteiger partial charge in [0.1, 0.15) is 5.75 Å². The monoisotopic (exact) mass is 358 g/mol. The smallest absolute Gasteiger partial charge is 0.255 e. The lowest BCUT2D eigenvalue weighted by molar-refractivity contribution is 0.102. The molecule has 4 rings (SSSR count). The summed E-state index contributed by atoms with van der Waals surface area (Å²) in [6, 6.07) is 18.7. The third kappa shape index (κ3) is 3.25. The Kier molecular flexibility index (Phi) is 4.30. The Morgan fingerprint density at radius 3 is 2.67 bits per heavy atom. The number of nitrogens with one attached hydrogen (secondary N) is 1. The number of methoxy groups -OCH3 is 1. The van der Waals surface area contributed by atoms with Crippen molar-refractivity contribution in [1.82, 2.24) is 14.8 Å². The van der Waals surface area contributed by atoms with Gasteiger partial charge in [-0.3, -0.25) is 4.79 Å². The zero-order valence-corrected chi connectivity index (χ0v) is 15.0. The van der Waals surface area contributed by atoms with E-state index in [0.29, 0.717) is 17.0 Å². The lowest BCUT2D eigenvalue weighted by Crippen LogP contribution is -2.12. The summed E-state index contributed by atoms with van der Waals surface area (Å²) in [4.78, 5) is 17.0. The fourth-order valence-corrected chi connectivity index (χ4v) is 2.93. The first-order chi connectivity index (χ1) is 13.2. The predicted octanol–water partition coefficient (Wildman–Crippen LogP) is 3.99. The van der Waals surface area contributed by atoms with Crippen molar-refractivity contribution in [3.05, 3.63) is 78.1 Å². The first-order valence-corrected chi connectivity index (χ1v) is 8.52. The summed E-state index contributed by atoms with van der Waals surface area (Å²) in [7, 11) is 1.57. The van der Waals surface area contributed by atoms with Crippen LogP contribution in [0.25, 0.3) is 16.7 Å². The van der Waals surface area contributed by atoms with E-state index in [1.807, 2.05) is 43.3 Å². The van der Waals surface area contributed by atoms with Crippen molar-refractivity contribution in [3.8, 4) is 11.4 Å². The van der Waals surface area contributed by atoms with Gasteiger partial charge in [0.05, 0.1) is 30.4 Å². The Morgan fingerprint density at radius 2 is 1.89 bits per heavy atom. The van der Waals surface area contributed by atoms with Crippen LogP contribution in [0.15, 0.2) is 66.9 Å². The van der Waals surface area contributed by atoms with Gasteiger partial charge in [0.15, 0.2) is 5.65 Å². The van der Waals surface area contributed by atoms with E-state index in [2.05, 4.69) is 15.4 Å². The second-order valence-corrected chi connectivity index (χ2v) is 6.11. The predicted molar refractivity (Wildman–Crippen MR) is 105 cm³/mol. The van der Waals surface area contributed by atoms with Gasteiger partial charge in [-0.05, 0) is 43.3 Å². The molecule has 0 saturated heterocycles. The van der Waals surface area contributed by atoms with Gasteiger partial charge < -0.3 is 10.1 Å². The molecule has 4 aromatic rings. The summed E-state index contributed by atoms with van der Waals surface area (Å²) < 4.78 is 6.97. The highest BCUT2D eigenvalue weighted by atomic mass is 16.5. The molecular formula is C21H18N4O2. The van der Waals surface area contributed by atoms with Gasteiger partial charge in [0, 0.05) is 10.9 Å². The average Bonchev–Trinajstić information content (AvgIpc) is 3.05. The van der Waals surface area contributed by atoms with Crippen LogP contribution < -0.4 is 10.1 Å². The van der Waals surface area contributed by atoms with Crippen LogP contribution in [0.2, 0.25) is 0 Å². The summed E-state index contributed by atoms with van der Waals surface area (Å²) in [5.41, 5.74) is 3.67. The molecule has 0 spiro atoms. The first kappa shape index (κ1) is 16.8. The number of hydrogen-bond acceptors (Lipinski definition) is 4. The molecule has 0 saturated carbocycles. The van der Waals surface area contributed by atoms with Crippen LogP contribution in [0.3, 0.4) is 0 Å². The van der Waals surface area contributed by atoms with E-state index in [-0.39, 0.29) is 5.91 Å². The zero-order valence-electron chi connectivity index (χ0n) is 15.0. The number of carbonyl (C=O) groups excluding carboxylic acids is 1. The highest BCUT2D eigenvalue weighted by Gasteiger charge is 2.13. The lowest BCUT2D eigenvalue weighted by atomic mass is 10.2. The number of nitrogens with zero attached hydrogens (tertiary/aromatic N) is 3. The van der Waals surface area contributed by atoms with Crippen molar-refractivity contribution in [3.63, 3.8) is 0 Å². The molecule has 2 aromatic heterocycles. The number of aromatic nitrogens is 3. The van der Waals surface area contributed by atoms with E-state index in [1.165, 1.54) is 0 Å². The number of anilines is 1. The van der Waals surface area contributed by atoms with Crippen LogP contribution in [0.1, 0.15) is 16.1 Å². The van der Waals surface area contributed by atoms with E-state index in [4.69, 9.17) is 4.74 Å². The quantitative estimate of drug-likeness (QED) is 0.599. The minimum absolute atomic E-state index is 0.219. The molecule has 2 heterocycles. The summed E-state index contributed by atoms with van der Waals surface area (Å²) in [6.07, 6.45) is 1.64. The zero-order chi connectivity index (χ0) is 18.8. The van der Waals surface area contributed by atoms with Gasteiger partial charge in [-0.15, -0.1) is 0 Å². The largest absolute Gasteiger partial charge is 0.497 e. The minimum atomic E-state index is -0.219. The number of fused-ring (bicyclic) bond motifs is 1. The highest BCUT2D eigenvalue weighted by Crippen LogP contribution is 2.23. The van der Waals surface area contributed by atoms with Crippen LogP contribution in [-0.4, -0.2) is 27.8 Å². The number of aryl methyl sites for hydroxylation is 1. The first-order valence-electron chi connectivity index (χ1n) is 8.52. The van der Waals surface area contributed by atoms with E-state index in [1.54, 1.807) is 42.3 Å². The van der Waals surface area contributed by atoms with Crippen molar-refractivity contribution in [1.29, 1.82) is 0 Å². The minimum Gasteiger partial charge on any atom is -0.497 e. The number of para-hydroxylation sites is 1. The Morgan fingerprint density at radius 1 is 1.07 bits per heavy atom. The van der Waals surface area contributed by atoms with Gasteiger partial charge >= 0.3 is 0 Å². The standard InChI is InChI=1S/C21H18N4O2/c1-14-19-12-16(23-21(26)15-7-6-10-18(11-15)27-2)13-22-20(19)25(24-14)17-8-4-3-5-9-17/h3-13H,1-2H3,(H,23,26). The second-order valence-electron chi connectivity index (χ2n) is 6.11. The Bertz CT molecular complexity index is 1120. The summed E-state index contributed by atoms with van der Waals surface area (Å²) in [5, 5.41) is 8.36. The van der Waals surface area contributed by atoms with Crippen LogP contribution in [0, 0.1) is 6.92 Å². The number of benzene rings is 2. The number of amides is 1. The van der Waals surface area contributed by atoms with Gasteiger partial charge in [-0.1, -0.05) is 24.3 Å². The third-order valence-corrected chi connectivity index (χ3v) is 4.30. The van der Waals surface area contributed by atoms with Gasteiger partial charge in [-0.2, -0.15) is 5.10 Å². The fourth-order valence-electron chi connectivity index (χ4n) is 2.93. The van der Waals surface area contributed by atoms with E-state index < -0.39 is 0 Å². The topological polar surface area (TPSA) is 69.0 Å². The molecule has 0 aliphatic heterocycles. The van der Waals surface area contributed by atoms with Crippen molar-refractivity contribution in [2.75, 3.05) is 12.4 Å². The molecule has 2 aromatic carbocycles. The maximum Gasteiger partial charge on any atom is 0.255 e. The number of rotatable bonds is 4. The number of pyridine rings is 1. The molecule has 0 aliphatic carbocycles. The molecule has 0 radical (unpaired) electrons. The average molecular weight is 358 g/mol. The molecule has 6 nitrogen and oxygen atoms in total. The molecule has 0 fully saturated rings. The molecule has 1 amide bonds. The molecule has 6 heteroatoms. The van der Waals surface area contributed by atoms with Crippen molar-refractivity contribution in [2.45, 2.75) is 6.92 Å². The van der Waals surface area contributed by atoms with Crippen LogP contribution in [-0.2, 0) is 0 Å². The summed E-state index contributed by atoms with van der Waals surface area (Å²) in [5.74, 6) is 0.416. The third-order valence-electron chi connectivity index (χ3n) is 4.30. The van der Waals surface area contributed by atoms with E-state index in [0.717, 1.165) is 22.4 Å². The SMILES string of the molecule is COc1cccc(C(=O)Nc2cnc3c(c2)c(C)nn3-c2ccccc2)c1. The summed E-state index contributed by atoms with van der Waals surface area (Å²) in [6.45, 7) is 1.93. The fraction of sp³-hybridized carbons (Fsp3) is 0.0952. The molecule has 27 heavy (non-hydrogen) atoms. The van der Waals surface area contributed by atoms with Crippen molar-refractivity contribution < 1.29 is 9.53 Å². The molecule has 0 unspecified atom stereocenters. The van der Waals surface area contributed by atoms with Gasteiger partial charge in [0.2, 0.25) is 0 Å². The maximum atomic E-state index is 12.5.